The molecule has 0 aromatic heterocycles. The molecule has 6 nitrogen and oxygen atoms in total. The number of nitrogens with zero attached hydrogens (tertiary/aromatic N) is 1. The Balaban J connectivity index is 1.46. The number of benzene rings is 2. The summed E-state index contributed by atoms with van der Waals surface area (Å²) in [6, 6.07) is 15.7. The van der Waals surface area contributed by atoms with Gasteiger partial charge in [-0.15, -0.1) is 0 Å². The van der Waals surface area contributed by atoms with Crippen molar-refractivity contribution in [1.82, 2.24) is 0 Å². The number of ether oxygens (including phenoxy) is 2. The molecule has 2 aliphatic heterocycles. The zero-order valence-corrected chi connectivity index (χ0v) is 27.8. The van der Waals surface area contributed by atoms with Crippen LogP contribution in [0.5, 0.6) is 11.5 Å². The second-order valence-electron chi connectivity index (χ2n) is 14.1. The van der Waals surface area contributed by atoms with E-state index in [1.54, 1.807) is 7.11 Å². The van der Waals surface area contributed by atoms with E-state index in [0.717, 1.165) is 48.3 Å². The molecule has 230 valence electrons. The van der Waals surface area contributed by atoms with Gasteiger partial charge in [-0.05, 0) is 72.1 Å². The van der Waals surface area contributed by atoms with E-state index in [2.05, 4.69) is 65.8 Å². The van der Waals surface area contributed by atoms with Gasteiger partial charge in [0.1, 0.15) is 17.1 Å². The molecule has 1 saturated carbocycles. The van der Waals surface area contributed by atoms with Crippen LogP contribution in [-0.2, 0) is 14.3 Å². The second kappa shape index (κ2) is 11.2. The number of carbonyl (C=O) groups excluding carboxylic acids is 2. The van der Waals surface area contributed by atoms with E-state index in [9.17, 15) is 9.59 Å². The van der Waals surface area contributed by atoms with Gasteiger partial charge in [0, 0.05) is 30.6 Å². The van der Waals surface area contributed by atoms with E-state index in [-0.39, 0.29) is 23.7 Å². The van der Waals surface area contributed by atoms with Crippen LogP contribution in [0.3, 0.4) is 0 Å². The number of hydrogen-bond acceptors (Lipinski definition) is 5. The normalized spacial score (nSPS) is 26.1. The van der Waals surface area contributed by atoms with E-state index in [4.69, 9.17) is 13.9 Å². The maximum atomic E-state index is 14.4. The van der Waals surface area contributed by atoms with Gasteiger partial charge >= 0.3 is 0 Å². The summed E-state index contributed by atoms with van der Waals surface area (Å²) < 4.78 is 19.8. The summed E-state index contributed by atoms with van der Waals surface area (Å²) in [5.74, 6) is 0.129. The Bertz CT molecular complexity index is 1390. The molecule has 4 atom stereocenters. The highest BCUT2D eigenvalue weighted by molar-refractivity contribution is 6.78. The molecule has 43 heavy (non-hydrogen) atoms. The summed E-state index contributed by atoms with van der Waals surface area (Å²) in [7, 11) is -0.488. The van der Waals surface area contributed by atoms with E-state index < -0.39 is 25.8 Å². The fourth-order valence-corrected chi connectivity index (χ4v) is 14.5. The molecule has 2 aliphatic carbocycles. The van der Waals surface area contributed by atoms with Gasteiger partial charge in [0.15, 0.2) is 0 Å². The van der Waals surface area contributed by atoms with Crippen LogP contribution >= 0.6 is 0 Å². The third-order valence-corrected chi connectivity index (χ3v) is 16.9. The lowest BCUT2D eigenvalue weighted by molar-refractivity contribution is -0.127. The van der Waals surface area contributed by atoms with E-state index >= 15 is 0 Å². The lowest BCUT2D eigenvalue weighted by Gasteiger charge is -2.50. The smallest absolute Gasteiger partial charge is 0.258 e. The Kier molecular flexibility index (Phi) is 7.87. The van der Waals surface area contributed by atoms with E-state index in [0.29, 0.717) is 28.9 Å². The zero-order chi connectivity index (χ0) is 30.7. The number of amides is 2. The molecule has 0 unspecified atom stereocenters. The minimum Gasteiger partial charge on any atom is -0.543 e. The van der Waals surface area contributed by atoms with E-state index in [1.165, 1.54) is 4.90 Å². The van der Waals surface area contributed by atoms with Gasteiger partial charge in [-0.1, -0.05) is 65.8 Å². The number of fused-ring (bicyclic) bond motifs is 6. The topological polar surface area (TPSA) is 65.1 Å². The van der Waals surface area contributed by atoms with Gasteiger partial charge in [0.05, 0.1) is 24.1 Å². The number of imide groups is 1. The molecular weight excluding hydrogens is 554 g/mol. The maximum absolute atomic E-state index is 14.4. The predicted octanol–water partition coefficient (Wildman–Crippen LogP) is 8.03. The molecule has 2 aromatic carbocycles. The fourth-order valence-electron chi connectivity index (χ4n) is 9.30. The molecule has 2 fully saturated rings. The summed E-state index contributed by atoms with van der Waals surface area (Å²) >= 11 is 0. The number of carbonyl (C=O) groups is 2. The zero-order valence-electron chi connectivity index (χ0n) is 26.8. The first-order valence-electron chi connectivity index (χ1n) is 16.2. The maximum Gasteiger partial charge on any atom is 0.258 e. The number of hydrogen-bond donors (Lipinski definition) is 0. The molecule has 7 heteroatoms. The number of rotatable bonds is 8. The molecule has 4 aliphatic rings. The van der Waals surface area contributed by atoms with Crippen molar-refractivity contribution >= 4 is 31.4 Å². The minimum absolute atomic E-state index is 0.113. The number of para-hydroxylation sites is 1. The molecule has 2 amide bonds. The highest BCUT2D eigenvalue weighted by atomic mass is 28.4. The Hall–Kier alpha value is -2.90. The molecule has 2 heterocycles. The Morgan fingerprint density at radius 2 is 1.53 bits per heavy atom. The standard InChI is InChI=1S/C36H47NO5Si/c1-22(2)43(23(3)4,24(5)6)42-27-15-16-28-29-19-25(21-40-7)31-32(33(29)36(17-11-12-18-36)41-30(28)20-27)35(39)37(34(31)38)26-13-9-8-10-14-26/h8-10,13-16,19-20,22-25,31-33H,11-12,17-18,21H2,1-7H3/t25-,31+,32+,33-/m1/s1. The van der Waals surface area contributed by atoms with Gasteiger partial charge in [-0.3, -0.25) is 14.5 Å². The van der Waals surface area contributed by atoms with Crippen LogP contribution in [0.4, 0.5) is 5.69 Å². The van der Waals surface area contributed by atoms with Crippen LogP contribution < -0.4 is 14.1 Å². The monoisotopic (exact) mass is 601 g/mol. The largest absolute Gasteiger partial charge is 0.543 e. The molecule has 0 bridgehead atoms. The molecule has 6 rings (SSSR count). The van der Waals surface area contributed by atoms with Gasteiger partial charge < -0.3 is 13.9 Å². The average molecular weight is 602 g/mol. The summed E-state index contributed by atoms with van der Waals surface area (Å²) in [4.78, 5) is 29.9. The summed E-state index contributed by atoms with van der Waals surface area (Å²) in [5.41, 5.74) is 3.64. The molecule has 1 saturated heterocycles. The van der Waals surface area contributed by atoms with Crippen molar-refractivity contribution in [2.45, 2.75) is 89.5 Å². The molecule has 0 N–H and O–H groups in total. The third kappa shape index (κ3) is 4.60. The Morgan fingerprint density at radius 3 is 2.14 bits per heavy atom. The van der Waals surface area contributed by atoms with Crippen LogP contribution in [0.2, 0.25) is 16.6 Å². The molecular formula is C36H47NO5Si. The molecule has 0 radical (unpaired) electrons. The van der Waals surface area contributed by atoms with Crippen molar-refractivity contribution in [2.24, 2.45) is 23.7 Å². The van der Waals surface area contributed by atoms with Gasteiger partial charge in [-0.2, -0.15) is 0 Å². The van der Waals surface area contributed by atoms with Crippen molar-refractivity contribution in [2.75, 3.05) is 18.6 Å². The quantitative estimate of drug-likeness (QED) is 0.226. The third-order valence-electron chi connectivity index (χ3n) is 10.9. The highest BCUT2D eigenvalue weighted by Crippen LogP contribution is 2.61. The molecule has 1 spiro atoms. The Labute approximate surface area is 257 Å². The van der Waals surface area contributed by atoms with Gasteiger partial charge in [-0.25, -0.2) is 0 Å². The summed E-state index contributed by atoms with van der Waals surface area (Å²) in [6.45, 7) is 14.2. The van der Waals surface area contributed by atoms with Gasteiger partial charge in [0.25, 0.3) is 8.32 Å². The minimum atomic E-state index is -2.16. The van der Waals surface area contributed by atoms with Crippen molar-refractivity contribution in [1.29, 1.82) is 0 Å². The van der Waals surface area contributed by atoms with Crippen LogP contribution in [0.15, 0.2) is 54.6 Å². The number of methoxy groups -OCH3 is 1. The first-order chi connectivity index (χ1) is 20.6. The second-order valence-corrected chi connectivity index (χ2v) is 19.4. The average Bonchev–Trinajstić information content (AvgIpc) is 3.53. The lowest BCUT2D eigenvalue weighted by Crippen LogP contribution is -2.53. The van der Waals surface area contributed by atoms with Crippen molar-refractivity contribution in [3.8, 4) is 11.5 Å². The van der Waals surface area contributed by atoms with Crippen molar-refractivity contribution in [3.05, 3.63) is 60.2 Å². The summed E-state index contributed by atoms with van der Waals surface area (Å²) in [6.07, 6.45) is 6.07. The van der Waals surface area contributed by atoms with Crippen LogP contribution in [0.25, 0.3) is 5.57 Å². The Morgan fingerprint density at radius 1 is 0.907 bits per heavy atom. The predicted molar refractivity (Wildman–Crippen MR) is 173 cm³/mol. The summed E-state index contributed by atoms with van der Waals surface area (Å²) in [5, 5.41) is 0. The van der Waals surface area contributed by atoms with Crippen LogP contribution in [0.1, 0.15) is 72.8 Å². The first-order valence-corrected chi connectivity index (χ1v) is 18.4. The van der Waals surface area contributed by atoms with Crippen LogP contribution in [-0.4, -0.2) is 39.4 Å². The fraction of sp³-hybridized carbons (Fsp3) is 0.556. The first kappa shape index (κ1) is 30.1. The van der Waals surface area contributed by atoms with E-state index in [1.807, 2.05) is 30.3 Å². The van der Waals surface area contributed by atoms with Crippen molar-refractivity contribution < 1.29 is 23.5 Å². The van der Waals surface area contributed by atoms with Gasteiger partial charge in [0.2, 0.25) is 11.8 Å². The highest BCUT2D eigenvalue weighted by Gasteiger charge is 2.64. The number of anilines is 1. The van der Waals surface area contributed by atoms with Crippen molar-refractivity contribution in [3.63, 3.8) is 0 Å². The SMILES string of the molecule is COC[C@H]1C=C2c3ccc(O[Si](C(C)C)(C(C)C)C(C)C)cc3OC3(CCCC3)[C@H]2[C@H]2C(=O)N(c3ccccc3)C(=O)[C@H]21. The van der Waals surface area contributed by atoms with Crippen LogP contribution in [0, 0.1) is 23.7 Å². The molecule has 2 aromatic rings. The lowest BCUT2D eigenvalue weighted by atomic mass is 9.60.